The van der Waals surface area contributed by atoms with Crippen molar-refractivity contribution in [2.75, 3.05) is 13.7 Å². The van der Waals surface area contributed by atoms with Crippen LogP contribution in [0.25, 0.3) is 0 Å². The van der Waals surface area contributed by atoms with E-state index in [2.05, 4.69) is 29.5 Å². The molecule has 5 nitrogen and oxygen atoms in total. The van der Waals surface area contributed by atoms with Crippen molar-refractivity contribution in [2.24, 2.45) is 0 Å². The summed E-state index contributed by atoms with van der Waals surface area (Å²) in [5.41, 5.74) is 3.36. The molecule has 1 aromatic heterocycles. The SMILES string of the molecule is CCOCc1cc(CNCc2ccn(CC)n2)ccc1OC. The Morgan fingerprint density at radius 2 is 2.05 bits per heavy atom. The summed E-state index contributed by atoms with van der Waals surface area (Å²) in [4.78, 5) is 0. The Labute approximate surface area is 132 Å². The molecule has 0 unspecified atom stereocenters. The standard InChI is InChI=1S/C17H25N3O2/c1-4-20-9-8-16(19-20)12-18-11-14-6-7-17(21-3)15(10-14)13-22-5-2/h6-10,18H,4-5,11-13H2,1-3H3. The van der Waals surface area contributed by atoms with Crippen molar-refractivity contribution < 1.29 is 9.47 Å². The van der Waals surface area contributed by atoms with Crippen LogP contribution in [-0.2, 0) is 31.0 Å². The second-order valence-corrected chi connectivity index (χ2v) is 5.05. The van der Waals surface area contributed by atoms with Gasteiger partial charge in [0.05, 0.1) is 19.4 Å². The molecule has 2 aromatic rings. The molecule has 0 aliphatic carbocycles. The van der Waals surface area contributed by atoms with Crippen molar-refractivity contribution in [2.45, 2.75) is 40.1 Å². The highest BCUT2D eigenvalue weighted by Gasteiger charge is 2.05. The smallest absolute Gasteiger partial charge is 0.124 e. The van der Waals surface area contributed by atoms with Crippen LogP contribution in [0, 0.1) is 0 Å². The second kappa shape index (κ2) is 8.56. The molecule has 1 N–H and O–H groups in total. The molecule has 0 amide bonds. The van der Waals surface area contributed by atoms with E-state index in [4.69, 9.17) is 9.47 Å². The van der Waals surface area contributed by atoms with Gasteiger partial charge in [0.15, 0.2) is 0 Å². The number of nitrogens with one attached hydrogen (secondary N) is 1. The van der Waals surface area contributed by atoms with E-state index in [0.29, 0.717) is 13.2 Å². The van der Waals surface area contributed by atoms with Crippen LogP contribution in [0.5, 0.6) is 5.75 Å². The van der Waals surface area contributed by atoms with Gasteiger partial charge in [-0.15, -0.1) is 0 Å². The third kappa shape index (κ3) is 4.58. The minimum absolute atomic E-state index is 0.578. The van der Waals surface area contributed by atoms with Crippen LogP contribution in [0.1, 0.15) is 30.7 Å². The third-order valence-corrected chi connectivity index (χ3v) is 3.46. The van der Waals surface area contributed by atoms with Crippen molar-refractivity contribution in [1.29, 1.82) is 0 Å². The van der Waals surface area contributed by atoms with Crippen LogP contribution in [0.2, 0.25) is 0 Å². The molecule has 0 saturated carbocycles. The lowest BCUT2D eigenvalue weighted by atomic mass is 10.1. The average Bonchev–Trinajstić information content (AvgIpc) is 3.01. The summed E-state index contributed by atoms with van der Waals surface area (Å²) >= 11 is 0. The van der Waals surface area contributed by atoms with Gasteiger partial charge < -0.3 is 14.8 Å². The summed E-state index contributed by atoms with van der Waals surface area (Å²) < 4.78 is 12.8. The maximum Gasteiger partial charge on any atom is 0.124 e. The van der Waals surface area contributed by atoms with E-state index in [1.165, 1.54) is 5.56 Å². The first-order valence-electron chi connectivity index (χ1n) is 7.73. The zero-order chi connectivity index (χ0) is 15.8. The van der Waals surface area contributed by atoms with E-state index in [0.717, 1.165) is 36.6 Å². The van der Waals surface area contributed by atoms with Gasteiger partial charge in [-0.1, -0.05) is 6.07 Å². The van der Waals surface area contributed by atoms with Gasteiger partial charge in [-0.3, -0.25) is 4.68 Å². The highest BCUT2D eigenvalue weighted by molar-refractivity contribution is 5.36. The Hall–Kier alpha value is -1.85. The molecular weight excluding hydrogens is 278 g/mol. The summed E-state index contributed by atoms with van der Waals surface area (Å²) in [5, 5.41) is 7.88. The number of aromatic nitrogens is 2. The van der Waals surface area contributed by atoms with Gasteiger partial charge >= 0.3 is 0 Å². The highest BCUT2D eigenvalue weighted by atomic mass is 16.5. The van der Waals surface area contributed by atoms with Crippen molar-refractivity contribution in [1.82, 2.24) is 15.1 Å². The van der Waals surface area contributed by atoms with E-state index in [1.807, 2.05) is 29.9 Å². The van der Waals surface area contributed by atoms with Gasteiger partial charge in [-0.2, -0.15) is 5.10 Å². The first kappa shape index (κ1) is 16.5. The molecule has 22 heavy (non-hydrogen) atoms. The number of nitrogens with zero attached hydrogens (tertiary/aromatic N) is 2. The Balaban J connectivity index is 1.91. The molecule has 0 aliphatic heterocycles. The van der Waals surface area contributed by atoms with Gasteiger partial charge in [-0.05, 0) is 37.6 Å². The number of benzene rings is 1. The Bertz CT molecular complexity index is 581. The number of methoxy groups -OCH3 is 1. The van der Waals surface area contributed by atoms with Gasteiger partial charge in [0.1, 0.15) is 5.75 Å². The zero-order valence-electron chi connectivity index (χ0n) is 13.6. The number of hydrogen-bond acceptors (Lipinski definition) is 4. The zero-order valence-corrected chi connectivity index (χ0v) is 13.6. The first-order chi connectivity index (χ1) is 10.8. The van der Waals surface area contributed by atoms with Gasteiger partial charge in [0, 0.05) is 38.0 Å². The molecule has 1 aromatic carbocycles. The molecule has 0 bridgehead atoms. The fourth-order valence-corrected chi connectivity index (χ4v) is 2.28. The van der Waals surface area contributed by atoms with Crippen LogP contribution in [0.15, 0.2) is 30.5 Å². The van der Waals surface area contributed by atoms with E-state index in [9.17, 15) is 0 Å². The Morgan fingerprint density at radius 3 is 2.73 bits per heavy atom. The quantitative estimate of drug-likeness (QED) is 0.774. The second-order valence-electron chi connectivity index (χ2n) is 5.05. The summed E-state index contributed by atoms with van der Waals surface area (Å²) in [6.07, 6.45) is 2.00. The van der Waals surface area contributed by atoms with Crippen LogP contribution >= 0.6 is 0 Å². The topological polar surface area (TPSA) is 48.3 Å². The van der Waals surface area contributed by atoms with E-state index >= 15 is 0 Å². The van der Waals surface area contributed by atoms with Crippen LogP contribution in [0.3, 0.4) is 0 Å². The van der Waals surface area contributed by atoms with E-state index < -0.39 is 0 Å². The molecule has 0 saturated heterocycles. The minimum atomic E-state index is 0.578. The van der Waals surface area contributed by atoms with Gasteiger partial charge in [0.25, 0.3) is 0 Å². The number of aryl methyl sites for hydroxylation is 1. The van der Waals surface area contributed by atoms with Crippen LogP contribution in [0.4, 0.5) is 0 Å². The lowest BCUT2D eigenvalue weighted by Crippen LogP contribution is -2.14. The molecule has 0 spiro atoms. The predicted octanol–water partition coefficient (Wildman–Crippen LogP) is 2.74. The number of hydrogen-bond donors (Lipinski definition) is 1. The monoisotopic (exact) mass is 303 g/mol. The highest BCUT2D eigenvalue weighted by Crippen LogP contribution is 2.20. The predicted molar refractivity (Wildman–Crippen MR) is 86.8 cm³/mol. The number of ether oxygens (including phenoxy) is 2. The summed E-state index contributed by atoms with van der Waals surface area (Å²) in [6, 6.07) is 8.25. The molecule has 5 heteroatoms. The van der Waals surface area contributed by atoms with Crippen molar-refractivity contribution in [3.8, 4) is 5.75 Å². The Morgan fingerprint density at radius 1 is 1.18 bits per heavy atom. The molecule has 1 heterocycles. The van der Waals surface area contributed by atoms with Crippen molar-refractivity contribution in [3.63, 3.8) is 0 Å². The maximum atomic E-state index is 5.49. The molecule has 0 aliphatic rings. The third-order valence-electron chi connectivity index (χ3n) is 3.46. The average molecular weight is 303 g/mol. The number of rotatable bonds is 9. The Kier molecular flexibility index (Phi) is 6.43. The van der Waals surface area contributed by atoms with Crippen LogP contribution < -0.4 is 10.1 Å². The van der Waals surface area contributed by atoms with Crippen LogP contribution in [-0.4, -0.2) is 23.5 Å². The minimum Gasteiger partial charge on any atom is -0.496 e. The van der Waals surface area contributed by atoms with E-state index in [-0.39, 0.29) is 0 Å². The van der Waals surface area contributed by atoms with Crippen molar-refractivity contribution >= 4 is 0 Å². The molecule has 0 radical (unpaired) electrons. The summed E-state index contributed by atoms with van der Waals surface area (Å²) in [7, 11) is 1.69. The van der Waals surface area contributed by atoms with Crippen molar-refractivity contribution in [3.05, 3.63) is 47.3 Å². The van der Waals surface area contributed by atoms with E-state index in [1.54, 1.807) is 7.11 Å². The first-order valence-corrected chi connectivity index (χ1v) is 7.73. The lowest BCUT2D eigenvalue weighted by molar-refractivity contribution is 0.132. The molecule has 2 rings (SSSR count). The maximum absolute atomic E-state index is 5.49. The molecule has 0 atom stereocenters. The summed E-state index contributed by atoms with van der Waals surface area (Å²) in [6.45, 7) is 7.82. The lowest BCUT2D eigenvalue weighted by Gasteiger charge is -2.11. The molecular formula is C17H25N3O2. The summed E-state index contributed by atoms with van der Waals surface area (Å²) in [5.74, 6) is 0.874. The largest absolute Gasteiger partial charge is 0.496 e. The van der Waals surface area contributed by atoms with Gasteiger partial charge in [0.2, 0.25) is 0 Å². The van der Waals surface area contributed by atoms with Gasteiger partial charge in [-0.25, -0.2) is 0 Å². The molecule has 120 valence electrons. The fraction of sp³-hybridized carbons (Fsp3) is 0.471. The fourth-order valence-electron chi connectivity index (χ4n) is 2.28. The molecule has 0 fully saturated rings. The normalized spacial score (nSPS) is 10.9.